The van der Waals surface area contributed by atoms with E-state index in [0.717, 1.165) is 23.3 Å². The first kappa shape index (κ1) is 19.4. The molecule has 0 saturated heterocycles. The zero-order valence-electron chi connectivity index (χ0n) is 16.5. The Balaban J connectivity index is 1.81. The first-order valence-corrected chi connectivity index (χ1v) is 9.13. The molecule has 0 spiro atoms. The molecule has 0 fully saturated rings. The highest BCUT2D eigenvalue weighted by atomic mass is 16.2. The van der Waals surface area contributed by atoms with Crippen molar-refractivity contribution in [3.63, 3.8) is 0 Å². The third-order valence-corrected chi connectivity index (χ3v) is 4.81. The van der Waals surface area contributed by atoms with E-state index in [0.29, 0.717) is 5.69 Å². The number of rotatable bonds is 6. The standard InChI is InChI=1S/C19H24N6O3/c1-5-24(6-2)14-9-7-13(8-10-14)21-15(26)11-25-12-20-17-16(25)18(27)23(4)19(28)22(17)3/h7-10,12H,5-6,11H2,1-4H3,(H,21,26). The molecule has 2 aromatic heterocycles. The molecule has 148 valence electrons. The molecule has 9 heteroatoms. The summed E-state index contributed by atoms with van der Waals surface area (Å²) < 4.78 is 3.75. The predicted molar refractivity (Wildman–Crippen MR) is 109 cm³/mol. The summed E-state index contributed by atoms with van der Waals surface area (Å²) >= 11 is 0. The number of fused-ring (bicyclic) bond motifs is 1. The number of hydrogen-bond acceptors (Lipinski definition) is 5. The van der Waals surface area contributed by atoms with Crippen LogP contribution in [0.5, 0.6) is 0 Å². The minimum absolute atomic E-state index is 0.0816. The van der Waals surface area contributed by atoms with Crippen molar-refractivity contribution in [2.75, 3.05) is 23.3 Å². The van der Waals surface area contributed by atoms with Crippen LogP contribution >= 0.6 is 0 Å². The quantitative estimate of drug-likeness (QED) is 0.682. The first-order valence-electron chi connectivity index (χ1n) is 9.13. The van der Waals surface area contributed by atoms with Gasteiger partial charge in [-0.1, -0.05) is 0 Å². The number of imidazole rings is 1. The number of carbonyl (C=O) groups excluding carboxylic acids is 1. The van der Waals surface area contributed by atoms with Gasteiger partial charge in [-0.25, -0.2) is 9.78 Å². The summed E-state index contributed by atoms with van der Waals surface area (Å²) in [5.41, 5.74) is 1.30. The molecular formula is C19H24N6O3. The van der Waals surface area contributed by atoms with Crippen molar-refractivity contribution in [1.82, 2.24) is 18.7 Å². The molecule has 0 radical (unpaired) electrons. The first-order chi connectivity index (χ1) is 13.4. The summed E-state index contributed by atoms with van der Waals surface area (Å²) in [6, 6.07) is 7.61. The molecule has 3 aromatic rings. The van der Waals surface area contributed by atoms with E-state index >= 15 is 0 Å². The molecule has 0 saturated carbocycles. The lowest BCUT2D eigenvalue weighted by atomic mass is 10.2. The zero-order valence-corrected chi connectivity index (χ0v) is 16.5. The maximum absolute atomic E-state index is 12.5. The largest absolute Gasteiger partial charge is 0.372 e. The highest BCUT2D eigenvalue weighted by Crippen LogP contribution is 2.17. The summed E-state index contributed by atoms with van der Waals surface area (Å²) in [6.45, 7) is 5.92. The number of nitrogens with zero attached hydrogens (tertiary/aromatic N) is 5. The monoisotopic (exact) mass is 384 g/mol. The van der Waals surface area contributed by atoms with E-state index in [9.17, 15) is 14.4 Å². The highest BCUT2D eigenvalue weighted by Gasteiger charge is 2.16. The van der Waals surface area contributed by atoms with Gasteiger partial charge in [-0.15, -0.1) is 0 Å². The molecule has 0 unspecified atom stereocenters. The van der Waals surface area contributed by atoms with Crippen LogP contribution < -0.4 is 21.5 Å². The lowest BCUT2D eigenvalue weighted by molar-refractivity contribution is -0.116. The van der Waals surface area contributed by atoms with E-state index in [1.807, 2.05) is 24.3 Å². The van der Waals surface area contributed by atoms with Crippen molar-refractivity contribution in [2.45, 2.75) is 20.4 Å². The summed E-state index contributed by atoms with van der Waals surface area (Å²) in [5.74, 6) is -0.286. The number of anilines is 2. The van der Waals surface area contributed by atoms with Crippen LogP contribution in [0.15, 0.2) is 40.2 Å². The van der Waals surface area contributed by atoms with E-state index in [1.54, 1.807) is 7.05 Å². The minimum atomic E-state index is -0.480. The average Bonchev–Trinajstić information content (AvgIpc) is 3.10. The molecule has 0 aliphatic carbocycles. The van der Waals surface area contributed by atoms with E-state index in [2.05, 4.69) is 29.0 Å². The smallest absolute Gasteiger partial charge is 0.332 e. The Morgan fingerprint density at radius 3 is 2.32 bits per heavy atom. The second-order valence-corrected chi connectivity index (χ2v) is 6.52. The van der Waals surface area contributed by atoms with Crippen molar-refractivity contribution >= 4 is 28.4 Å². The highest BCUT2D eigenvalue weighted by molar-refractivity contribution is 5.91. The SMILES string of the molecule is CCN(CC)c1ccc(NC(=O)Cn2cnc3c2c(=O)n(C)c(=O)n3C)cc1. The molecule has 28 heavy (non-hydrogen) atoms. The number of aromatic nitrogens is 4. The van der Waals surface area contributed by atoms with Crippen LogP contribution in [0.3, 0.4) is 0 Å². The van der Waals surface area contributed by atoms with Crippen molar-refractivity contribution in [3.05, 3.63) is 51.4 Å². The maximum Gasteiger partial charge on any atom is 0.332 e. The Hall–Kier alpha value is -3.36. The maximum atomic E-state index is 12.5. The van der Waals surface area contributed by atoms with Gasteiger partial charge in [-0.3, -0.25) is 18.7 Å². The Bertz CT molecular complexity index is 1120. The van der Waals surface area contributed by atoms with Crippen molar-refractivity contribution in [2.24, 2.45) is 14.1 Å². The van der Waals surface area contributed by atoms with E-state index in [4.69, 9.17) is 0 Å². The van der Waals surface area contributed by atoms with Gasteiger partial charge in [0, 0.05) is 38.6 Å². The van der Waals surface area contributed by atoms with Gasteiger partial charge in [0.2, 0.25) is 5.91 Å². The van der Waals surface area contributed by atoms with Gasteiger partial charge in [0.15, 0.2) is 11.2 Å². The summed E-state index contributed by atoms with van der Waals surface area (Å²) in [5, 5.41) is 2.82. The van der Waals surface area contributed by atoms with Gasteiger partial charge < -0.3 is 14.8 Å². The van der Waals surface area contributed by atoms with Gasteiger partial charge in [-0.2, -0.15) is 0 Å². The third-order valence-electron chi connectivity index (χ3n) is 4.81. The molecule has 2 heterocycles. The number of benzene rings is 1. The molecule has 1 N–H and O–H groups in total. The molecule has 0 bridgehead atoms. The van der Waals surface area contributed by atoms with E-state index in [1.165, 1.54) is 22.5 Å². The summed E-state index contributed by atoms with van der Waals surface area (Å²) in [6.07, 6.45) is 1.40. The molecule has 3 rings (SSSR count). The fourth-order valence-corrected chi connectivity index (χ4v) is 3.22. The normalized spacial score (nSPS) is 11.0. The van der Waals surface area contributed by atoms with Crippen LogP contribution in [0, 0.1) is 0 Å². The summed E-state index contributed by atoms with van der Waals surface area (Å²) in [7, 11) is 2.94. The fourth-order valence-electron chi connectivity index (χ4n) is 3.22. The van der Waals surface area contributed by atoms with Gasteiger partial charge in [0.25, 0.3) is 5.56 Å². The van der Waals surface area contributed by atoms with Crippen LogP contribution in [0.1, 0.15) is 13.8 Å². The van der Waals surface area contributed by atoms with E-state index < -0.39 is 11.2 Å². The van der Waals surface area contributed by atoms with Crippen LogP contribution in [-0.4, -0.2) is 37.7 Å². The van der Waals surface area contributed by atoms with Crippen molar-refractivity contribution < 1.29 is 4.79 Å². The van der Waals surface area contributed by atoms with E-state index in [-0.39, 0.29) is 23.6 Å². The second-order valence-electron chi connectivity index (χ2n) is 6.52. The topological polar surface area (TPSA) is 94.2 Å². The van der Waals surface area contributed by atoms with Crippen molar-refractivity contribution in [1.29, 1.82) is 0 Å². The van der Waals surface area contributed by atoms with Gasteiger partial charge in [-0.05, 0) is 38.1 Å². The number of carbonyl (C=O) groups is 1. The Labute approximate surface area is 161 Å². The van der Waals surface area contributed by atoms with Crippen LogP contribution in [0.25, 0.3) is 11.2 Å². The predicted octanol–water partition coefficient (Wildman–Crippen LogP) is 0.919. The van der Waals surface area contributed by atoms with Crippen LogP contribution in [0.4, 0.5) is 11.4 Å². The van der Waals surface area contributed by atoms with Gasteiger partial charge in [0.05, 0.1) is 6.33 Å². The average molecular weight is 384 g/mol. The zero-order chi connectivity index (χ0) is 20.4. The number of hydrogen-bond donors (Lipinski definition) is 1. The number of nitrogens with one attached hydrogen (secondary N) is 1. The fraction of sp³-hybridized carbons (Fsp3) is 0.368. The Kier molecular flexibility index (Phi) is 5.34. The lowest BCUT2D eigenvalue weighted by Crippen LogP contribution is -2.37. The Morgan fingerprint density at radius 2 is 1.71 bits per heavy atom. The van der Waals surface area contributed by atoms with Crippen LogP contribution in [-0.2, 0) is 25.4 Å². The molecule has 0 aliphatic heterocycles. The Morgan fingerprint density at radius 1 is 1.07 bits per heavy atom. The molecular weight excluding hydrogens is 360 g/mol. The minimum Gasteiger partial charge on any atom is -0.372 e. The number of aryl methyl sites for hydroxylation is 1. The number of amides is 1. The molecule has 0 aliphatic rings. The van der Waals surface area contributed by atoms with Gasteiger partial charge in [0.1, 0.15) is 6.54 Å². The third kappa shape index (κ3) is 3.42. The summed E-state index contributed by atoms with van der Waals surface area (Å²) in [4.78, 5) is 43.2. The molecule has 1 amide bonds. The lowest BCUT2D eigenvalue weighted by Gasteiger charge is -2.21. The molecule has 0 atom stereocenters. The van der Waals surface area contributed by atoms with Crippen LogP contribution in [0.2, 0.25) is 0 Å². The second kappa shape index (κ2) is 7.71. The van der Waals surface area contributed by atoms with Crippen molar-refractivity contribution in [3.8, 4) is 0 Å². The molecule has 9 nitrogen and oxygen atoms in total. The van der Waals surface area contributed by atoms with Gasteiger partial charge >= 0.3 is 5.69 Å². The molecule has 1 aromatic carbocycles.